The summed E-state index contributed by atoms with van der Waals surface area (Å²) in [5.41, 5.74) is 7.20. The van der Waals surface area contributed by atoms with E-state index in [1.165, 1.54) is 62.8 Å². The molecule has 3 aromatic rings. The third-order valence-electron chi connectivity index (χ3n) is 5.87. The highest BCUT2D eigenvalue weighted by atomic mass is 19.1. The lowest BCUT2D eigenvalue weighted by molar-refractivity contribution is 0.0544. The van der Waals surface area contributed by atoms with Crippen molar-refractivity contribution in [3.05, 3.63) is 109 Å². The molecule has 1 amide bonds. The number of amides is 1. The average Bonchev–Trinajstić information content (AvgIpc) is 3.01. The van der Waals surface area contributed by atoms with Gasteiger partial charge in [-0.05, 0) is 36.4 Å². The Kier molecular flexibility index (Phi) is 11.5. The summed E-state index contributed by atoms with van der Waals surface area (Å²) in [7, 11) is 2.75. The van der Waals surface area contributed by atoms with Gasteiger partial charge in [0.05, 0.1) is 25.5 Å². The number of rotatable bonds is 15. The zero-order valence-electron chi connectivity index (χ0n) is 24.0. The molecule has 0 aliphatic rings. The Morgan fingerprint density at radius 2 is 1.37 bits per heavy atom. The standard InChI is InChI=1S/C33H33FN2O7/c1-6-17-41-29-24(14-11-22(28(29)39-4)20-26(34)21-9-12-23(35)13-10-21)32(37)36-27-16-15-25(33(38)43-19-8-3)30(31(27)40-5)42-18-7-2/h6-16,20H,1-3,17-19,35H2,4-5H3,(H,36,37)/b26-20-. The minimum Gasteiger partial charge on any atom is -0.492 e. The summed E-state index contributed by atoms with van der Waals surface area (Å²) in [6, 6.07) is 12.2. The van der Waals surface area contributed by atoms with E-state index in [2.05, 4.69) is 25.1 Å². The SMILES string of the molecule is C=CCOC(=O)c1ccc(NC(=O)c2ccc(/C=C(\F)c3ccc(N)cc3)c(OC)c2OCC=C)c(OC)c1OCC=C. The van der Waals surface area contributed by atoms with Gasteiger partial charge < -0.3 is 34.7 Å². The number of benzene rings is 3. The highest BCUT2D eigenvalue weighted by Crippen LogP contribution is 2.41. The zero-order chi connectivity index (χ0) is 31.4. The second kappa shape index (κ2) is 15.5. The van der Waals surface area contributed by atoms with Crippen molar-refractivity contribution < 1.29 is 37.7 Å². The van der Waals surface area contributed by atoms with Crippen LogP contribution in [-0.4, -0.2) is 45.9 Å². The highest BCUT2D eigenvalue weighted by Gasteiger charge is 2.25. The molecule has 0 fully saturated rings. The molecule has 0 atom stereocenters. The fourth-order valence-corrected chi connectivity index (χ4v) is 3.94. The summed E-state index contributed by atoms with van der Waals surface area (Å²) in [5, 5.41) is 2.76. The summed E-state index contributed by atoms with van der Waals surface area (Å²) in [6.45, 7) is 10.9. The van der Waals surface area contributed by atoms with Crippen molar-refractivity contribution in [2.75, 3.05) is 45.1 Å². The maximum absolute atomic E-state index is 15.1. The van der Waals surface area contributed by atoms with E-state index in [4.69, 9.17) is 29.4 Å². The summed E-state index contributed by atoms with van der Waals surface area (Å²) in [4.78, 5) is 26.3. The molecule has 0 radical (unpaired) electrons. The molecular weight excluding hydrogens is 555 g/mol. The molecule has 10 heteroatoms. The second-order valence-electron chi connectivity index (χ2n) is 8.74. The van der Waals surface area contributed by atoms with Crippen LogP contribution in [0.3, 0.4) is 0 Å². The van der Waals surface area contributed by atoms with Crippen LogP contribution in [-0.2, 0) is 4.74 Å². The number of hydrogen-bond acceptors (Lipinski definition) is 8. The Balaban J connectivity index is 2.06. The van der Waals surface area contributed by atoms with Crippen LogP contribution in [0.2, 0.25) is 0 Å². The smallest absolute Gasteiger partial charge is 0.342 e. The van der Waals surface area contributed by atoms with Gasteiger partial charge in [0.25, 0.3) is 5.91 Å². The lowest BCUT2D eigenvalue weighted by Crippen LogP contribution is -2.16. The molecule has 0 saturated heterocycles. The monoisotopic (exact) mass is 588 g/mol. The Hall–Kier alpha value is -5.51. The van der Waals surface area contributed by atoms with Crippen LogP contribution < -0.4 is 30.0 Å². The fraction of sp³-hybridized carbons (Fsp3) is 0.152. The van der Waals surface area contributed by atoms with E-state index >= 15 is 4.39 Å². The number of ether oxygens (including phenoxy) is 5. The fourth-order valence-electron chi connectivity index (χ4n) is 3.94. The van der Waals surface area contributed by atoms with Gasteiger partial charge in [-0.3, -0.25) is 4.79 Å². The number of nitrogens with one attached hydrogen (secondary N) is 1. The van der Waals surface area contributed by atoms with Crippen molar-refractivity contribution in [1.82, 2.24) is 0 Å². The van der Waals surface area contributed by atoms with Gasteiger partial charge in [-0.15, -0.1) is 0 Å². The third kappa shape index (κ3) is 7.82. The number of carbonyl (C=O) groups is 2. The van der Waals surface area contributed by atoms with E-state index in [1.807, 2.05) is 0 Å². The molecule has 43 heavy (non-hydrogen) atoms. The highest BCUT2D eigenvalue weighted by molar-refractivity contribution is 6.08. The normalized spacial score (nSPS) is 10.7. The van der Waals surface area contributed by atoms with Crippen LogP contribution in [0, 0.1) is 0 Å². The van der Waals surface area contributed by atoms with Crippen LogP contribution in [0.4, 0.5) is 15.8 Å². The van der Waals surface area contributed by atoms with Crippen molar-refractivity contribution in [3.8, 4) is 23.0 Å². The van der Waals surface area contributed by atoms with Crippen LogP contribution in [0.25, 0.3) is 11.9 Å². The van der Waals surface area contributed by atoms with E-state index in [1.54, 1.807) is 24.3 Å². The maximum Gasteiger partial charge on any atom is 0.342 e. The van der Waals surface area contributed by atoms with E-state index in [0.717, 1.165) is 0 Å². The maximum atomic E-state index is 15.1. The minimum absolute atomic E-state index is 0.00901. The Labute approximate surface area is 249 Å². The predicted octanol–water partition coefficient (Wildman–Crippen LogP) is 6.48. The number of carbonyl (C=O) groups excluding carboxylic acids is 2. The number of nitrogen functional groups attached to an aromatic ring is 1. The van der Waals surface area contributed by atoms with Crippen LogP contribution in [0.1, 0.15) is 31.8 Å². The summed E-state index contributed by atoms with van der Waals surface area (Å²) in [5.74, 6) is -1.51. The van der Waals surface area contributed by atoms with Crippen molar-refractivity contribution >= 4 is 35.2 Å². The number of anilines is 2. The second-order valence-corrected chi connectivity index (χ2v) is 8.74. The number of esters is 1. The topological polar surface area (TPSA) is 118 Å². The van der Waals surface area contributed by atoms with Gasteiger partial charge in [-0.2, -0.15) is 0 Å². The quantitative estimate of drug-likeness (QED) is 0.0897. The largest absolute Gasteiger partial charge is 0.492 e. The van der Waals surface area contributed by atoms with Crippen LogP contribution in [0.15, 0.2) is 86.5 Å². The molecule has 0 bridgehead atoms. The molecule has 0 unspecified atom stereocenters. The summed E-state index contributed by atoms with van der Waals surface area (Å²) < 4.78 is 42.9. The number of hydrogen-bond donors (Lipinski definition) is 2. The molecule has 0 spiro atoms. The Morgan fingerprint density at radius 3 is 1.95 bits per heavy atom. The minimum atomic E-state index is -0.671. The van der Waals surface area contributed by atoms with Gasteiger partial charge in [0.2, 0.25) is 0 Å². The van der Waals surface area contributed by atoms with E-state index < -0.39 is 17.7 Å². The number of halogens is 1. The van der Waals surface area contributed by atoms with E-state index in [-0.39, 0.29) is 59.6 Å². The third-order valence-corrected chi connectivity index (χ3v) is 5.87. The molecule has 0 heterocycles. The number of methoxy groups -OCH3 is 2. The molecule has 0 aromatic heterocycles. The first-order chi connectivity index (χ1) is 20.8. The van der Waals surface area contributed by atoms with Crippen molar-refractivity contribution in [2.45, 2.75) is 0 Å². The molecule has 3 rings (SSSR count). The van der Waals surface area contributed by atoms with Gasteiger partial charge in [-0.25, -0.2) is 9.18 Å². The first kappa shape index (κ1) is 32.0. The van der Waals surface area contributed by atoms with Crippen molar-refractivity contribution in [1.29, 1.82) is 0 Å². The first-order valence-electron chi connectivity index (χ1n) is 13.0. The van der Waals surface area contributed by atoms with Crippen LogP contribution >= 0.6 is 0 Å². The first-order valence-corrected chi connectivity index (χ1v) is 13.0. The van der Waals surface area contributed by atoms with E-state index in [9.17, 15) is 9.59 Å². The molecule has 224 valence electrons. The number of nitrogens with two attached hydrogens (primary N) is 1. The average molecular weight is 589 g/mol. The molecule has 0 aliphatic heterocycles. The molecular formula is C33H33FN2O7. The Bertz CT molecular complexity index is 1530. The van der Waals surface area contributed by atoms with E-state index in [0.29, 0.717) is 16.8 Å². The molecule has 0 aliphatic carbocycles. The van der Waals surface area contributed by atoms with Gasteiger partial charge >= 0.3 is 5.97 Å². The predicted molar refractivity (Wildman–Crippen MR) is 166 cm³/mol. The molecule has 9 nitrogen and oxygen atoms in total. The zero-order valence-corrected chi connectivity index (χ0v) is 24.0. The summed E-state index contributed by atoms with van der Waals surface area (Å²) >= 11 is 0. The van der Waals surface area contributed by atoms with Gasteiger partial charge in [0.15, 0.2) is 23.0 Å². The molecule has 3 N–H and O–H groups in total. The van der Waals surface area contributed by atoms with Crippen molar-refractivity contribution in [2.24, 2.45) is 0 Å². The van der Waals surface area contributed by atoms with Gasteiger partial charge in [0, 0.05) is 16.8 Å². The van der Waals surface area contributed by atoms with Gasteiger partial charge in [0.1, 0.15) is 31.2 Å². The van der Waals surface area contributed by atoms with Gasteiger partial charge in [-0.1, -0.05) is 56.2 Å². The Morgan fingerprint density at radius 1 is 0.791 bits per heavy atom. The molecule has 0 saturated carbocycles. The molecule has 3 aromatic carbocycles. The lowest BCUT2D eigenvalue weighted by Gasteiger charge is -2.19. The van der Waals surface area contributed by atoms with Crippen LogP contribution in [0.5, 0.6) is 23.0 Å². The lowest BCUT2D eigenvalue weighted by atomic mass is 10.0. The van der Waals surface area contributed by atoms with Crippen molar-refractivity contribution in [3.63, 3.8) is 0 Å². The summed E-state index contributed by atoms with van der Waals surface area (Å²) in [6.07, 6.45) is 5.69.